The van der Waals surface area contributed by atoms with Crippen LogP contribution in [0.2, 0.25) is 5.02 Å². The molecule has 0 heterocycles. The summed E-state index contributed by atoms with van der Waals surface area (Å²) in [5, 5.41) is 3.71. The van der Waals surface area contributed by atoms with Crippen LogP contribution in [-0.4, -0.2) is 6.61 Å². The monoisotopic (exact) mass is 375 g/mol. The predicted molar refractivity (Wildman–Crippen MR) is 84.3 cm³/mol. The van der Waals surface area contributed by atoms with E-state index in [-0.39, 0.29) is 5.75 Å². The van der Waals surface area contributed by atoms with E-state index < -0.39 is 6.61 Å². The summed E-state index contributed by atoms with van der Waals surface area (Å²) in [5.74, 6) is 0.143. The van der Waals surface area contributed by atoms with Crippen molar-refractivity contribution in [3.05, 3.63) is 57.0 Å². The first-order valence-electron chi connectivity index (χ1n) is 6.19. The summed E-state index contributed by atoms with van der Waals surface area (Å²) in [6.07, 6.45) is 0. The van der Waals surface area contributed by atoms with Gasteiger partial charge in [-0.1, -0.05) is 33.6 Å². The van der Waals surface area contributed by atoms with Crippen molar-refractivity contribution in [2.45, 2.75) is 20.1 Å². The molecule has 6 heteroatoms. The first-order valence-corrected chi connectivity index (χ1v) is 7.36. The molecule has 0 aliphatic rings. The van der Waals surface area contributed by atoms with Gasteiger partial charge in [-0.25, -0.2) is 0 Å². The molecule has 0 bridgehead atoms. The molecule has 112 valence electrons. The number of hydrogen-bond acceptors (Lipinski definition) is 2. The fourth-order valence-electron chi connectivity index (χ4n) is 1.86. The Balaban J connectivity index is 2.18. The fraction of sp³-hybridized carbons (Fsp3) is 0.200. The largest absolute Gasteiger partial charge is 0.434 e. The van der Waals surface area contributed by atoms with Gasteiger partial charge in [0, 0.05) is 16.6 Å². The van der Waals surface area contributed by atoms with Crippen molar-refractivity contribution in [3.63, 3.8) is 0 Å². The van der Waals surface area contributed by atoms with Crippen molar-refractivity contribution in [1.82, 2.24) is 0 Å². The van der Waals surface area contributed by atoms with Gasteiger partial charge in [-0.05, 0) is 42.8 Å². The van der Waals surface area contributed by atoms with Gasteiger partial charge in [-0.3, -0.25) is 0 Å². The summed E-state index contributed by atoms with van der Waals surface area (Å²) in [7, 11) is 0. The molecule has 2 aromatic carbocycles. The third-order valence-corrected chi connectivity index (χ3v) is 3.65. The smallest absolute Gasteiger partial charge is 0.387 e. The molecule has 0 unspecified atom stereocenters. The Morgan fingerprint density at radius 2 is 2.00 bits per heavy atom. The van der Waals surface area contributed by atoms with Crippen LogP contribution in [0.1, 0.15) is 11.1 Å². The van der Waals surface area contributed by atoms with Gasteiger partial charge in [-0.2, -0.15) is 8.78 Å². The Labute approximate surface area is 135 Å². The van der Waals surface area contributed by atoms with Gasteiger partial charge in [0.25, 0.3) is 0 Å². The maximum atomic E-state index is 12.4. The molecule has 0 fully saturated rings. The van der Waals surface area contributed by atoms with Gasteiger partial charge in [0.15, 0.2) is 0 Å². The van der Waals surface area contributed by atoms with Crippen molar-refractivity contribution in [1.29, 1.82) is 0 Å². The number of nitrogens with one attached hydrogen (secondary N) is 1. The molecule has 0 atom stereocenters. The van der Waals surface area contributed by atoms with E-state index in [0.717, 1.165) is 15.7 Å². The van der Waals surface area contributed by atoms with Crippen molar-refractivity contribution in [3.8, 4) is 5.75 Å². The van der Waals surface area contributed by atoms with Gasteiger partial charge >= 0.3 is 6.61 Å². The van der Waals surface area contributed by atoms with Gasteiger partial charge in [0.1, 0.15) is 5.75 Å². The molecule has 2 nitrogen and oxygen atoms in total. The molecular formula is C15H13BrClF2NO. The molecular weight excluding hydrogens is 364 g/mol. The molecule has 0 saturated carbocycles. The Morgan fingerprint density at radius 1 is 1.24 bits per heavy atom. The zero-order valence-corrected chi connectivity index (χ0v) is 13.5. The van der Waals surface area contributed by atoms with Crippen molar-refractivity contribution in [2.75, 3.05) is 5.32 Å². The van der Waals surface area contributed by atoms with Crippen LogP contribution >= 0.6 is 27.5 Å². The van der Waals surface area contributed by atoms with E-state index in [1.165, 1.54) is 6.07 Å². The average Bonchev–Trinajstić information content (AvgIpc) is 2.42. The number of rotatable bonds is 5. The van der Waals surface area contributed by atoms with E-state index >= 15 is 0 Å². The lowest BCUT2D eigenvalue weighted by atomic mass is 10.2. The Bertz CT molecular complexity index is 637. The molecule has 0 saturated heterocycles. The maximum Gasteiger partial charge on any atom is 0.387 e. The number of halogens is 4. The van der Waals surface area contributed by atoms with E-state index in [1.54, 1.807) is 18.2 Å². The summed E-state index contributed by atoms with van der Waals surface area (Å²) < 4.78 is 30.1. The molecule has 0 radical (unpaired) electrons. The van der Waals surface area contributed by atoms with Crippen LogP contribution in [0.5, 0.6) is 5.75 Å². The first kappa shape index (κ1) is 16.0. The highest BCUT2D eigenvalue weighted by Crippen LogP contribution is 2.28. The lowest BCUT2D eigenvalue weighted by molar-refractivity contribution is -0.0504. The van der Waals surface area contributed by atoms with Crippen LogP contribution in [0, 0.1) is 6.92 Å². The number of hydrogen-bond donors (Lipinski definition) is 1. The van der Waals surface area contributed by atoms with Gasteiger partial charge in [0.2, 0.25) is 0 Å². The number of benzene rings is 2. The van der Waals surface area contributed by atoms with Gasteiger partial charge in [0.05, 0.1) is 10.7 Å². The third-order valence-electron chi connectivity index (χ3n) is 2.83. The van der Waals surface area contributed by atoms with E-state index in [0.29, 0.717) is 17.1 Å². The van der Waals surface area contributed by atoms with Crippen molar-refractivity contribution < 1.29 is 13.5 Å². The van der Waals surface area contributed by atoms with E-state index in [9.17, 15) is 8.78 Å². The zero-order chi connectivity index (χ0) is 15.4. The zero-order valence-electron chi connectivity index (χ0n) is 11.2. The van der Waals surface area contributed by atoms with Crippen molar-refractivity contribution >= 4 is 33.2 Å². The molecule has 0 aliphatic carbocycles. The van der Waals surface area contributed by atoms with Crippen LogP contribution < -0.4 is 10.1 Å². The third kappa shape index (κ3) is 4.58. The summed E-state index contributed by atoms with van der Waals surface area (Å²) in [5.41, 5.74) is 2.42. The Kier molecular flexibility index (Phi) is 5.42. The Hall–Kier alpha value is -1.33. The summed E-state index contributed by atoms with van der Waals surface area (Å²) in [6, 6.07) is 10.5. The molecule has 2 aromatic rings. The fourth-order valence-corrected chi connectivity index (χ4v) is 2.46. The highest BCUT2D eigenvalue weighted by Gasteiger charge is 2.10. The SMILES string of the molecule is Cc1ccc(Cl)c(NCc2cc(Br)ccc2OC(F)F)c1. The van der Waals surface area contributed by atoms with E-state index in [4.69, 9.17) is 11.6 Å². The number of ether oxygens (including phenoxy) is 1. The lowest BCUT2D eigenvalue weighted by Gasteiger charge is -2.14. The van der Waals surface area contributed by atoms with Gasteiger partial charge < -0.3 is 10.1 Å². The minimum atomic E-state index is -2.85. The van der Waals surface area contributed by atoms with Gasteiger partial charge in [-0.15, -0.1) is 0 Å². The molecule has 0 amide bonds. The predicted octanol–water partition coefficient (Wildman–Crippen LogP) is 5.62. The summed E-state index contributed by atoms with van der Waals surface area (Å²) in [4.78, 5) is 0. The van der Waals surface area contributed by atoms with E-state index in [2.05, 4.69) is 26.0 Å². The minimum Gasteiger partial charge on any atom is -0.434 e. The van der Waals surface area contributed by atoms with Crippen molar-refractivity contribution in [2.24, 2.45) is 0 Å². The lowest BCUT2D eigenvalue weighted by Crippen LogP contribution is -2.07. The second kappa shape index (κ2) is 7.09. The molecule has 2 rings (SSSR count). The Morgan fingerprint density at radius 3 is 2.71 bits per heavy atom. The summed E-state index contributed by atoms with van der Waals surface area (Å²) in [6.45, 7) is -0.580. The van der Waals surface area contributed by atoms with Crippen LogP contribution in [0.4, 0.5) is 14.5 Å². The van der Waals surface area contributed by atoms with Crippen LogP contribution in [-0.2, 0) is 6.54 Å². The highest BCUT2D eigenvalue weighted by atomic mass is 79.9. The summed E-state index contributed by atoms with van der Waals surface area (Å²) >= 11 is 9.41. The normalized spacial score (nSPS) is 10.8. The molecule has 0 aliphatic heterocycles. The van der Waals surface area contributed by atoms with E-state index in [1.807, 2.05) is 19.1 Å². The van der Waals surface area contributed by atoms with Crippen LogP contribution in [0.15, 0.2) is 40.9 Å². The van der Waals surface area contributed by atoms with Crippen LogP contribution in [0.25, 0.3) is 0 Å². The average molecular weight is 377 g/mol. The second-order valence-corrected chi connectivity index (χ2v) is 5.79. The molecule has 0 spiro atoms. The standard InChI is InChI=1S/C15H13BrClF2NO/c1-9-2-4-12(17)13(6-9)20-8-10-7-11(16)3-5-14(10)21-15(18)19/h2-7,15,20H,8H2,1H3. The molecule has 21 heavy (non-hydrogen) atoms. The first-order chi connectivity index (χ1) is 9.95. The number of alkyl halides is 2. The molecule has 1 N–H and O–H groups in total. The number of aryl methyl sites for hydroxylation is 1. The maximum absolute atomic E-state index is 12.4. The number of anilines is 1. The minimum absolute atomic E-state index is 0.143. The quantitative estimate of drug-likeness (QED) is 0.731. The highest BCUT2D eigenvalue weighted by molar-refractivity contribution is 9.10. The van der Waals surface area contributed by atoms with Crippen LogP contribution in [0.3, 0.4) is 0 Å². The topological polar surface area (TPSA) is 21.3 Å². The molecule has 0 aromatic heterocycles. The second-order valence-electron chi connectivity index (χ2n) is 4.47.